The highest BCUT2D eigenvalue weighted by atomic mass is 35.5. The first-order chi connectivity index (χ1) is 8.20. The van der Waals surface area contributed by atoms with Crippen molar-refractivity contribution in [1.82, 2.24) is 4.98 Å². The predicted octanol–water partition coefficient (Wildman–Crippen LogP) is 3.46. The number of amides is 1. The molecule has 0 atom stereocenters. The van der Waals surface area contributed by atoms with Gasteiger partial charge in [-0.3, -0.25) is 5.32 Å². The minimum Gasteiger partial charge on any atom is -0.450 e. The number of hydrogen-bond donors (Lipinski definition) is 1. The number of fused-ring (bicyclic) bond motifs is 1. The number of nitrogens with zero attached hydrogens (tertiary/aromatic N) is 1. The van der Waals surface area contributed by atoms with Crippen LogP contribution in [0.4, 0.5) is 10.5 Å². The number of aromatic nitrogens is 1. The van der Waals surface area contributed by atoms with Crippen molar-refractivity contribution in [1.29, 1.82) is 0 Å². The van der Waals surface area contributed by atoms with Crippen LogP contribution in [0.3, 0.4) is 0 Å². The van der Waals surface area contributed by atoms with Crippen molar-refractivity contribution >= 4 is 34.2 Å². The first-order valence-corrected chi connectivity index (χ1v) is 5.56. The Morgan fingerprint density at radius 1 is 1.47 bits per heavy atom. The summed E-state index contributed by atoms with van der Waals surface area (Å²) in [6.07, 6.45) is 1.16. The van der Waals surface area contributed by atoms with E-state index in [1.807, 2.05) is 18.2 Å². The molecule has 17 heavy (non-hydrogen) atoms. The molecule has 1 aromatic heterocycles. The van der Waals surface area contributed by atoms with E-state index < -0.39 is 6.09 Å². The highest BCUT2D eigenvalue weighted by Crippen LogP contribution is 2.23. The number of halogens is 1. The fourth-order valence-electron chi connectivity index (χ4n) is 1.50. The minimum atomic E-state index is -0.466. The molecule has 1 heterocycles. The Kier molecular flexibility index (Phi) is 3.44. The molecule has 0 radical (unpaired) electrons. The molecule has 88 valence electrons. The maximum atomic E-state index is 11.2. The Labute approximate surface area is 104 Å². The van der Waals surface area contributed by atoms with Gasteiger partial charge in [-0.05, 0) is 36.6 Å². The van der Waals surface area contributed by atoms with Gasteiger partial charge in [-0.15, -0.1) is 0 Å². The van der Waals surface area contributed by atoms with Gasteiger partial charge in [0.15, 0.2) is 0 Å². The van der Waals surface area contributed by atoms with Crippen LogP contribution in [0.25, 0.3) is 10.8 Å². The zero-order valence-electron chi connectivity index (χ0n) is 9.24. The lowest BCUT2D eigenvalue weighted by Gasteiger charge is -2.06. The molecule has 0 saturated heterocycles. The van der Waals surface area contributed by atoms with Gasteiger partial charge < -0.3 is 4.74 Å². The van der Waals surface area contributed by atoms with Gasteiger partial charge in [-0.2, -0.15) is 0 Å². The second-order valence-electron chi connectivity index (χ2n) is 3.38. The fraction of sp³-hybridized carbons (Fsp3) is 0.167. The van der Waals surface area contributed by atoms with E-state index in [4.69, 9.17) is 16.3 Å². The predicted molar refractivity (Wildman–Crippen MR) is 67.4 cm³/mol. The average molecular weight is 251 g/mol. The molecule has 2 rings (SSSR count). The lowest BCUT2D eigenvalue weighted by atomic mass is 10.1. The zero-order chi connectivity index (χ0) is 12.3. The van der Waals surface area contributed by atoms with Gasteiger partial charge in [-0.1, -0.05) is 11.6 Å². The van der Waals surface area contributed by atoms with Gasteiger partial charge in [0.25, 0.3) is 0 Å². The summed E-state index contributed by atoms with van der Waals surface area (Å²) in [7, 11) is 0. The fourth-order valence-corrected chi connectivity index (χ4v) is 1.73. The molecule has 4 nitrogen and oxygen atoms in total. The highest BCUT2D eigenvalue weighted by molar-refractivity contribution is 6.34. The third-order valence-corrected chi connectivity index (χ3v) is 2.54. The molecule has 1 N–H and O–H groups in total. The van der Waals surface area contributed by atoms with Crippen LogP contribution >= 0.6 is 11.6 Å². The van der Waals surface area contributed by atoms with Crippen LogP contribution in [-0.4, -0.2) is 17.7 Å². The molecule has 0 fully saturated rings. The smallest absolute Gasteiger partial charge is 0.411 e. The van der Waals surface area contributed by atoms with Crippen molar-refractivity contribution in [3.63, 3.8) is 0 Å². The van der Waals surface area contributed by atoms with Crippen molar-refractivity contribution < 1.29 is 9.53 Å². The first-order valence-electron chi connectivity index (χ1n) is 5.18. The van der Waals surface area contributed by atoms with Gasteiger partial charge >= 0.3 is 6.09 Å². The lowest BCUT2D eigenvalue weighted by Crippen LogP contribution is -2.13. The van der Waals surface area contributed by atoms with Crippen LogP contribution in [0.15, 0.2) is 30.5 Å². The largest absolute Gasteiger partial charge is 0.450 e. The van der Waals surface area contributed by atoms with Gasteiger partial charge in [0.2, 0.25) is 0 Å². The standard InChI is InChI=1S/C12H11ClN2O2/c1-2-17-12(16)15-9-3-4-10-8(7-9)5-6-14-11(10)13/h3-7H,2H2,1H3,(H,15,16). The number of hydrogen-bond acceptors (Lipinski definition) is 3. The molecule has 0 unspecified atom stereocenters. The van der Waals surface area contributed by atoms with Gasteiger partial charge in [0.05, 0.1) is 6.61 Å². The normalized spacial score (nSPS) is 10.2. The van der Waals surface area contributed by atoms with E-state index in [1.54, 1.807) is 19.2 Å². The van der Waals surface area contributed by atoms with E-state index in [0.717, 1.165) is 10.8 Å². The minimum absolute atomic E-state index is 0.342. The maximum Gasteiger partial charge on any atom is 0.411 e. The van der Waals surface area contributed by atoms with Crippen molar-refractivity contribution in [3.05, 3.63) is 35.6 Å². The Balaban J connectivity index is 2.29. The summed E-state index contributed by atoms with van der Waals surface area (Å²) in [5.41, 5.74) is 0.665. The van der Waals surface area contributed by atoms with E-state index in [1.165, 1.54) is 0 Å². The summed E-state index contributed by atoms with van der Waals surface area (Å²) in [4.78, 5) is 15.2. The molecule has 2 aromatic rings. The van der Waals surface area contributed by atoms with Crippen LogP contribution in [-0.2, 0) is 4.74 Å². The van der Waals surface area contributed by atoms with Crippen molar-refractivity contribution in [2.45, 2.75) is 6.92 Å². The number of carbonyl (C=O) groups is 1. The molecule has 0 bridgehead atoms. The number of rotatable bonds is 2. The van der Waals surface area contributed by atoms with Crippen LogP contribution in [0.2, 0.25) is 5.15 Å². The zero-order valence-corrected chi connectivity index (χ0v) is 9.99. The molecule has 0 aliphatic carbocycles. The van der Waals surface area contributed by atoms with E-state index in [9.17, 15) is 4.79 Å². The van der Waals surface area contributed by atoms with Gasteiger partial charge in [0, 0.05) is 17.3 Å². The molecule has 5 heteroatoms. The van der Waals surface area contributed by atoms with Gasteiger partial charge in [0.1, 0.15) is 5.15 Å². The number of anilines is 1. The van der Waals surface area contributed by atoms with E-state index in [2.05, 4.69) is 10.3 Å². The highest BCUT2D eigenvalue weighted by Gasteiger charge is 2.04. The molecule has 0 aliphatic heterocycles. The molecule has 1 amide bonds. The van der Waals surface area contributed by atoms with E-state index >= 15 is 0 Å². The van der Waals surface area contributed by atoms with Crippen LogP contribution < -0.4 is 5.32 Å². The second kappa shape index (κ2) is 5.01. The molecule has 0 saturated carbocycles. The summed E-state index contributed by atoms with van der Waals surface area (Å²) < 4.78 is 4.79. The Bertz CT molecular complexity index is 557. The monoisotopic (exact) mass is 250 g/mol. The molecule has 0 spiro atoms. The summed E-state index contributed by atoms with van der Waals surface area (Å²) in [5.74, 6) is 0. The quantitative estimate of drug-likeness (QED) is 0.831. The number of carbonyl (C=O) groups excluding carboxylic acids is 1. The van der Waals surface area contributed by atoms with E-state index in [-0.39, 0.29) is 0 Å². The van der Waals surface area contributed by atoms with Gasteiger partial charge in [-0.25, -0.2) is 9.78 Å². The summed E-state index contributed by atoms with van der Waals surface area (Å²) >= 11 is 5.94. The van der Waals surface area contributed by atoms with Crippen molar-refractivity contribution in [3.8, 4) is 0 Å². The van der Waals surface area contributed by atoms with E-state index in [0.29, 0.717) is 17.4 Å². The number of ether oxygens (including phenoxy) is 1. The van der Waals surface area contributed by atoms with Crippen molar-refractivity contribution in [2.75, 3.05) is 11.9 Å². The van der Waals surface area contributed by atoms with Crippen molar-refractivity contribution in [2.24, 2.45) is 0 Å². The SMILES string of the molecule is CCOC(=O)Nc1ccc2c(Cl)nccc2c1. The third kappa shape index (κ3) is 2.65. The third-order valence-electron chi connectivity index (χ3n) is 2.24. The summed E-state index contributed by atoms with van der Waals surface area (Å²) in [6, 6.07) is 7.22. The number of nitrogens with one attached hydrogen (secondary N) is 1. The summed E-state index contributed by atoms with van der Waals surface area (Å²) in [5, 5.41) is 4.85. The maximum absolute atomic E-state index is 11.2. The van der Waals surface area contributed by atoms with Crippen LogP contribution in [0, 0.1) is 0 Å². The number of benzene rings is 1. The lowest BCUT2D eigenvalue weighted by molar-refractivity contribution is 0.168. The Morgan fingerprint density at radius 2 is 2.29 bits per heavy atom. The number of pyridine rings is 1. The molecule has 1 aromatic carbocycles. The van der Waals surface area contributed by atoms with Crippen LogP contribution in [0.1, 0.15) is 6.92 Å². The Hall–Kier alpha value is -1.81. The molecule has 0 aliphatic rings. The van der Waals surface area contributed by atoms with Crippen LogP contribution in [0.5, 0.6) is 0 Å². The summed E-state index contributed by atoms with van der Waals surface area (Å²) in [6.45, 7) is 2.10. The molecular formula is C12H11ClN2O2. The molecular weight excluding hydrogens is 240 g/mol. The topological polar surface area (TPSA) is 51.2 Å². The first kappa shape index (κ1) is 11.7. The Morgan fingerprint density at radius 3 is 3.06 bits per heavy atom. The second-order valence-corrected chi connectivity index (χ2v) is 3.74. The average Bonchev–Trinajstić information content (AvgIpc) is 2.29.